The topological polar surface area (TPSA) is 47.0 Å². The fraction of sp³-hybridized carbons (Fsp3) is 0.385. The van der Waals surface area contributed by atoms with Crippen molar-refractivity contribution in [3.63, 3.8) is 0 Å². The van der Waals surface area contributed by atoms with Crippen molar-refractivity contribution in [3.05, 3.63) is 24.3 Å². The Bertz CT molecular complexity index is 538. The molecule has 0 atom stereocenters. The van der Waals surface area contributed by atoms with Gasteiger partial charge in [0, 0.05) is 24.8 Å². The Labute approximate surface area is 115 Å². The molecule has 2 aromatic rings. The molecular formula is C13H16FN3OS. The number of rotatable bonds is 7. The molecule has 0 saturated carbocycles. The van der Waals surface area contributed by atoms with Gasteiger partial charge in [0.05, 0.1) is 18.8 Å². The maximum atomic E-state index is 12.2. The number of nitrogens with zero attached hydrogens (tertiary/aromatic N) is 2. The number of thioether (sulfide) groups is 1. The van der Waals surface area contributed by atoms with Crippen LogP contribution in [-0.4, -0.2) is 42.7 Å². The second-order valence-electron chi connectivity index (χ2n) is 3.83. The molecule has 1 heterocycles. The third-order valence-corrected chi connectivity index (χ3v) is 3.29. The van der Waals surface area contributed by atoms with E-state index < -0.39 is 0 Å². The van der Waals surface area contributed by atoms with Crippen LogP contribution in [0.2, 0.25) is 0 Å². The first kappa shape index (κ1) is 14.0. The summed E-state index contributed by atoms with van der Waals surface area (Å²) in [7, 11) is 1.66. The Morgan fingerprint density at radius 3 is 2.95 bits per heavy atom. The number of hydrogen-bond acceptors (Lipinski definition) is 5. The molecule has 0 spiro atoms. The van der Waals surface area contributed by atoms with Crippen LogP contribution in [0.1, 0.15) is 0 Å². The van der Waals surface area contributed by atoms with Gasteiger partial charge in [0.15, 0.2) is 5.16 Å². The summed E-state index contributed by atoms with van der Waals surface area (Å²) >= 11 is 1.32. The highest BCUT2D eigenvalue weighted by Gasteiger charge is 2.07. The molecule has 0 aliphatic heterocycles. The van der Waals surface area contributed by atoms with Crippen LogP contribution in [0.15, 0.2) is 29.4 Å². The lowest BCUT2D eigenvalue weighted by atomic mass is 10.2. The van der Waals surface area contributed by atoms with E-state index in [1.54, 1.807) is 7.11 Å². The third-order valence-electron chi connectivity index (χ3n) is 2.49. The predicted molar refractivity (Wildman–Crippen MR) is 76.6 cm³/mol. The van der Waals surface area contributed by atoms with Gasteiger partial charge in [0.25, 0.3) is 0 Å². The van der Waals surface area contributed by atoms with Crippen LogP contribution in [0, 0.1) is 0 Å². The lowest BCUT2D eigenvalue weighted by molar-refractivity contribution is 0.210. The summed E-state index contributed by atoms with van der Waals surface area (Å²) in [5.41, 5.74) is 0.860. The fourth-order valence-corrected chi connectivity index (χ4v) is 2.23. The summed E-state index contributed by atoms with van der Waals surface area (Å²) in [5, 5.41) is 4.78. The van der Waals surface area contributed by atoms with E-state index in [4.69, 9.17) is 4.74 Å². The molecule has 1 aromatic heterocycles. The zero-order valence-corrected chi connectivity index (χ0v) is 11.5. The number of alkyl halides is 1. The molecule has 1 N–H and O–H groups in total. The molecule has 0 radical (unpaired) electrons. The molecule has 0 unspecified atom stereocenters. The number of halogens is 1. The zero-order chi connectivity index (χ0) is 13.5. The van der Waals surface area contributed by atoms with Crippen LogP contribution in [0.25, 0.3) is 10.9 Å². The first-order chi connectivity index (χ1) is 9.35. The number of anilines is 1. The van der Waals surface area contributed by atoms with E-state index in [1.807, 2.05) is 24.3 Å². The molecule has 0 amide bonds. The fourth-order valence-electron chi connectivity index (χ4n) is 1.66. The van der Waals surface area contributed by atoms with Crippen LogP contribution < -0.4 is 5.32 Å². The number of aromatic nitrogens is 2. The van der Waals surface area contributed by atoms with Gasteiger partial charge in [0.1, 0.15) is 5.82 Å². The number of nitrogens with one attached hydrogen (secondary N) is 1. The number of benzene rings is 1. The lowest BCUT2D eigenvalue weighted by Gasteiger charge is -2.09. The number of para-hydroxylation sites is 1. The Morgan fingerprint density at radius 1 is 1.32 bits per heavy atom. The van der Waals surface area contributed by atoms with Gasteiger partial charge in [-0.05, 0) is 12.1 Å². The standard InChI is InChI=1S/C13H16FN3OS/c1-18-8-7-15-12-10-4-2-3-5-11(10)16-13(17-12)19-9-6-14/h2-5H,6-9H2,1H3,(H,15,16,17). The smallest absolute Gasteiger partial charge is 0.190 e. The third kappa shape index (κ3) is 3.78. The molecule has 19 heavy (non-hydrogen) atoms. The van der Waals surface area contributed by atoms with Crippen molar-refractivity contribution in [1.82, 2.24) is 9.97 Å². The van der Waals surface area contributed by atoms with Gasteiger partial charge in [-0.1, -0.05) is 23.9 Å². The van der Waals surface area contributed by atoms with E-state index >= 15 is 0 Å². The molecule has 0 bridgehead atoms. The van der Waals surface area contributed by atoms with Gasteiger partial charge in [0.2, 0.25) is 0 Å². The van der Waals surface area contributed by atoms with Gasteiger partial charge in [-0.2, -0.15) is 0 Å². The van der Waals surface area contributed by atoms with E-state index in [1.165, 1.54) is 11.8 Å². The molecule has 102 valence electrons. The van der Waals surface area contributed by atoms with E-state index in [-0.39, 0.29) is 6.67 Å². The average Bonchev–Trinajstić information content (AvgIpc) is 2.45. The van der Waals surface area contributed by atoms with Gasteiger partial charge < -0.3 is 10.1 Å². The second-order valence-corrected chi connectivity index (χ2v) is 4.89. The van der Waals surface area contributed by atoms with Crippen molar-refractivity contribution in [3.8, 4) is 0 Å². The van der Waals surface area contributed by atoms with Crippen LogP contribution in [-0.2, 0) is 4.74 Å². The van der Waals surface area contributed by atoms with Crippen molar-refractivity contribution in [2.45, 2.75) is 5.16 Å². The summed E-state index contributed by atoms with van der Waals surface area (Å²) in [5.74, 6) is 1.14. The van der Waals surface area contributed by atoms with Crippen LogP contribution in [0.3, 0.4) is 0 Å². The second kappa shape index (κ2) is 7.25. The summed E-state index contributed by atoms with van der Waals surface area (Å²) in [4.78, 5) is 8.84. The molecule has 0 saturated heterocycles. The van der Waals surface area contributed by atoms with Crippen LogP contribution in [0.4, 0.5) is 10.2 Å². The Hall–Kier alpha value is -1.40. The van der Waals surface area contributed by atoms with Gasteiger partial charge in [-0.3, -0.25) is 4.39 Å². The van der Waals surface area contributed by atoms with Crippen molar-refractivity contribution in [1.29, 1.82) is 0 Å². The SMILES string of the molecule is COCCNc1nc(SCCF)nc2ccccc12. The largest absolute Gasteiger partial charge is 0.383 e. The monoisotopic (exact) mass is 281 g/mol. The van der Waals surface area contributed by atoms with Gasteiger partial charge in [-0.15, -0.1) is 0 Å². The normalized spacial score (nSPS) is 10.8. The summed E-state index contributed by atoms with van der Waals surface area (Å²) < 4.78 is 17.2. The molecule has 2 rings (SSSR count). The molecule has 1 aromatic carbocycles. The molecule has 4 nitrogen and oxygen atoms in total. The molecule has 0 aliphatic rings. The summed E-state index contributed by atoms with van der Waals surface area (Å²) in [6.45, 7) is 0.892. The Morgan fingerprint density at radius 2 is 2.16 bits per heavy atom. The van der Waals surface area contributed by atoms with Crippen molar-refractivity contribution >= 4 is 28.5 Å². The van der Waals surface area contributed by atoms with Gasteiger partial charge >= 0.3 is 0 Å². The first-order valence-electron chi connectivity index (χ1n) is 6.03. The number of ether oxygens (including phenoxy) is 1. The summed E-state index contributed by atoms with van der Waals surface area (Å²) in [6.07, 6.45) is 0. The summed E-state index contributed by atoms with van der Waals surface area (Å²) in [6, 6.07) is 7.77. The lowest BCUT2D eigenvalue weighted by Crippen LogP contribution is -2.10. The van der Waals surface area contributed by atoms with Crippen LogP contribution >= 0.6 is 11.8 Å². The zero-order valence-electron chi connectivity index (χ0n) is 10.7. The molecule has 6 heteroatoms. The van der Waals surface area contributed by atoms with Crippen molar-refractivity contribution in [2.24, 2.45) is 0 Å². The molecule has 0 fully saturated rings. The van der Waals surface area contributed by atoms with Gasteiger partial charge in [-0.25, -0.2) is 9.97 Å². The predicted octanol–water partition coefficient (Wildman–Crippen LogP) is 2.75. The van der Waals surface area contributed by atoms with E-state index in [9.17, 15) is 4.39 Å². The Balaban J connectivity index is 2.28. The number of methoxy groups -OCH3 is 1. The quantitative estimate of drug-likeness (QED) is 0.480. The van der Waals surface area contributed by atoms with Crippen molar-refractivity contribution < 1.29 is 9.13 Å². The van der Waals surface area contributed by atoms with Crippen LogP contribution in [0.5, 0.6) is 0 Å². The highest BCUT2D eigenvalue weighted by Crippen LogP contribution is 2.24. The minimum absolute atomic E-state index is 0.371. The average molecular weight is 281 g/mol. The minimum atomic E-state index is -0.382. The minimum Gasteiger partial charge on any atom is -0.383 e. The number of hydrogen-bond donors (Lipinski definition) is 1. The first-order valence-corrected chi connectivity index (χ1v) is 7.02. The van der Waals surface area contributed by atoms with E-state index in [0.717, 1.165) is 16.7 Å². The number of fused-ring (bicyclic) bond motifs is 1. The molecular weight excluding hydrogens is 265 g/mol. The molecule has 0 aliphatic carbocycles. The van der Waals surface area contributed by atoms with Crippen molar-refractivity contribution in [2.75, 3.05) is 38.0 Å². The highest BCUT2D eigenvalue weighted by atomic mass is 32.2. The highest BCUT2D eigenvalue weighted by molar-refractivity contribution is 7.99. The maximum absolute atomic E-state index is 12.2. The maximum Gasteiger partial charge on any atom is 0.190 e. The van der Waals surface area contributed by atoms with E-state index in [2.05, 4.69) is 15.3 Å². The Kier molecular flexibility index (Phi) is 5.35. The van der Waals surface area contributed by atoms with E-state index in [0.29, 0.717) is 24.1 Å².